The summed E-state index contributed by atoms with van der Waals surface area (Å²) >= 11 is 0. The van der Waals surface area contributed by atoms with Gasteiger partial charge in [0.25, 0.3) is 0 Å². The Balaban J connectivity index is 0.00000155. The van der Waals surface area contributed by atoms with Crippen LogP contribution in [0.5, 0.6) is 0 Å². The number of fused-ring (bicyclic) bond motifs is 3. The van der Waals surface area contributed by atoms with E-state index in [1.165, 1.54) is 13.8 Å². The first-order valence-corrected chi connectivity index (χ1v) is 10.5. The summed E-state index contributed by atoms with van der Waals surface area (Å²) in [5.74, 6) is -1.77. The van der Waals surface area contributed by atoms with Crippen molar-refractivity contribution >= 4 is 11.8 Å². The van der Waals surface area contributed by atoms with E-state index in [0.717, 1.165) is 0 Å². The maximum atomic E-state index is 13.5. The van der Waals surface area contributed by atoms with Gasteiger partial charge < -0.3 is 24.8 Å². The number of carbonyl (C=O) groups is 2. The molecule has 0 aromatic heterocycles. The largest absolute Gasteiger partial charge is 0.457 e. The minimum atomic E-state index is -2.13. The van der Waals surface area contributed by atoms with E-state index in [1.54, 1.807) is 20.8 Å². The van der Waals surface area contributed by atoms with E-state index < -0.39 is 63.6 Å². The number of aliphatic hydroxyl groups excluding tert-OH is 2. The molecular weight excluding hydrogens is 388 g/mol. The number of esters is 1. The monoisotopic (exact) mass is 426 g/mol. The Bertz CT molecular complexity index is 716. The Morgan fingerprint density at radius 1 is 1.13 bits per heavy atom. The standard InChI is InChI=1S/C21H34O7.C2H4/c1-11(22)27-16-14(25)15-17(2,3)9-8-12(23)19(15,6)21(26)13(24)10-18(4,5)28-20(16,21)7;1-2/h12,14-16,23,25-26H,8-10H2,1-7H3;1-2H2/t12-,14-,15-,16-,19-,20+,21-;/m0./s1. The van der Waals surface area contributed by atoms with Crippen molar-refractivity contribution in [1.29, 1.82) is 0 Å². The zero-order valence-electron chi connectivity index (χ0n) is 19.3. The molecule has 7 heteroatoms. The first kappa shape index (κ1) is 25.0. The first-order chi connectivity index (χ1) is 13.5. The van der Waals surface area contributed by atoms with Crippen molar-refractivity contribution in [2.75, 3.05) is 0 Å². The van der Waals surface area contributed by atoms with Gasteiger partial charge in [-0.2, -0.15) is 0 Å². The summed E-state index contributed by atoms with van der Waals surface area (Å²) < 4.78 is 11.7. The van der Waals surface area contributed by atoms with E-state index >= 15 is 0 Å². The van der Waals surface area contributed by atoms with E-state index in [9.17, 15) is 24.9 Å². The van der Waals surface area contributed by atoms with Crippen molar-refractivity contribution in [3.63, 3.8) is 0 Å². The molecule has 1 saturated heterocycles. The highest BCUT2D eigenvalue weighted by Gasteiger charge is 2.81. The second-order valence-electron chi connectivity index (χ2n) is 10.6. The predicted octanol–water partition coefficient (Wildman–Crippen LogP) is 2.16. The molecule has 0 amide bonds. The number of hydrogen-bond donors (Lipinski definition) is 3. The average Bonchev–Trinajstić information content (AvgIpc) is 2.60. The second-order valence-corrected chi connectivity index (χ2v) is 10.6. The summed E-state index contributed by atoms with van der Waals surface area (Å²) in [6, 6.07) is 0. The molecule has 7 atom stereocenters. The molecule has 2 aliphatic carbocycles. The number of ketones is 1. The van der Waals surface area contributed by atoms with Crippen molar-refractivity contribution in [2.24, 2.45) is 16.7 Å². The van der Waals surface area contributed by atoms with Gasteiger partial charge in [0.15, 0.2) is 17.5 Å². The second kappa shape index (κ2) is 7.40. The lowest BCUT2D eigenvalue weighted by Gasteiger charge is -2.71. The summed E-state index contributed by atoms with van der Waals surface area (Å²) in [5, 5.41) is 34.5. The van der Waals surface area contributed by atoms with Crippen LogP contribution in [0.4, 0.5) is 0 Å². The van der Waals surface area contributed by atoms with Crippen molar-refractivity contribution in [2.45, 2.75) is 103 Å². The number of hydrogen-bond acceptors (Lipinski definition) is 7. The van der Waals surface area contributed by atoms with Gasteiger partial charge in [-0.1, -0.05) is 20.8 Å². The maximum absolute atomic E-state index is 13.5. The molecule has 0 spiro atoms. The van der Waals surface area contributed by atoms with Gasteiger partial charge in [0, 0.05) is 24.7 Å². The normalized spacial score (nSPS) is 46.5. The number of carbonyl (C=O) groups excluding carboxylic acids is 2. The highest BCUT2D eigenvalue weighted by molar-refractivity contribution is 5.92. The van der Waals surface area contributed by atoms with Crippen LogP contribution in [0, 0.1) is 16.7 Å². The van der Waals surface area contributed by atoms with Gasteiger partial charge in [0.1, 0.15) is 5.60 Å². The molecule has 3 N–H and O–H groups in total. The molecule has 7 nitrogen and oxygen atoms in total. The smallest absolute Gasteiger partial charge is 0.303 e. The number of Topliss-reactive ketones (excluding diaryl/α,β-unsaturated/α-hetero) is 1. The Hall–Kier alpha value is -1.28. The van der Waals surface area contributed by atoms with Gasteiger partial charge in [-0.25, -0.2) is 0 Å². The molecule has 3 fully saturated rings. The van der Waals surface area contributed by atoms with Gasteiger partial charge >= 0.3 is 5.97 Å². The fourth-order valence-corrected chi connectivity index (χ4v) is 6.70. The van der Waals surface area contributed by atoms with Crippen molar-refractivity contribution in [3.05, 3.63) is 13.2 Å². The van der Waals surface area contributed by atoms with Crippen LogP contribution in [0.25, 0.3) is 0 Å². The third-order valence-electron chi connectivity index (χ3n) is 7.71. The molecular formula is C23H38O7. The minimum absolute atomic E-state index is 0.0442. The average molecular weight is 427 g/mol. The number of ether oxygens (including phenoxy) is 2. The topological polar surface area (TPSA) is 113 Å². The fraction of sp³-hybridized carbons (Fsp3) is 0.826. The quantitative estimate of drug-likeness (QED) is 0.435. The van der Waals surface area contributed by atoms with Gasteiger partial charge in [-0.15, -0.1) is 13.2 Å². The molecule has 3 rings (SSSR count). The van der Waals surface area contributed by atoms with Crippen molar-refractivity contribution in [1.82, 2.24) is 0 Å². The molecule has 0 aromatic rings. The fourth-order valence-electron chi connectivity index (χ4n) is 6.70. The van der Waals surface area contributed by atoms with Gasteiger partial charge in [0.2, 0.25) is 0 Å². The Morgan fingerprint density at radius 3 is 2.17 bits per heavy atom. The molecule has 2 saturated carbocycles. The highest BCUT2D eigenvalue weighted by atomic mass is 16.6. The van der Waals surface area contributed by atoms with E-state index in [4.69, 9.17) is 9.47 Å². The molecule has 0 aromatic carbocycles. The molecule has 172 valence electrons. The van der Waals surface area contributed by atoms with E-state index in [-0.39, 0.29) is 6.42 Å². The summed E-state index contributed by atoms with van der Waals surface area (Å²) in [4.78, 5) is 25.3. The Morgan fingerprint density at radius 2 is 1.67 bits per heavy atom. The van der Waals surface area contributed by atoms with Gasteiger partial charge in [-0.05, 0) is 39.0 Å². The Kier molecular flexibility index (Phi) is 6.16. The molecule has 1 heterocycles. The predicted molar refractivity (Wildman–Crippen MR) is 112 cm³/mol. The molecule has 1 aliphatic heterocycles. The van der Waals surface area contributed by atoms with Crippen LogP contribution in [0.2, 0.25) is 0 Å². The molecule has 3 aliphatic rings. The summed E-state index contributed by atoms with van der Waals surface area (Å²) in [6.07, 6.45) is -2.54. The third-order valence-corrected chi connectivity index (χ3v) is 7.71. The summed E-state index contributed by atoms with van der Waals surface area (Å²) in [5.41, 5.74) is -6.63. The third kappa shape index (κ3) is 3.08. The van der Waals surface area contributed by atoms with Crippen LogP contribution in [0.3, 0.4) is 0 Å². The van der Waals surface area contributed by atoms with E-state index in [1.807, 2.05) is 13.8 Å². The van der Waals surface area contributed by atoms with Gasteiger partial charge in [-0.3, -0.25) is 9.59 Å². The van der Waals surface area contributed by atoms with Crippen LogP contribution >= 0.6 is 0 Å². The van der Waals surface area contributed by atoms with Crippen LogP contribution in [-0.2, 0) is 19.1 Å². The SMILES string of the molecule is C=C.CC(=O)O[C@H]1[C@@H](O)[C@H]2C(C)(C)CC[C@H](O)[C@]2(C)[C@@]2(O)C(=O)CC(C)(C)O[C@]12C. The summed E-state index contributed by atoms with van der Waals surface area (Å²) in [6.45, 7) is 17.7. The van der Waals surface area contributed by atoms with Crippen molar-refractivity contribution < 1.29 is 34.4 Å². The first-order valence-electron chi connectivity index (χ1n) is 10.5. The lowest BCUT2D eigenvalue weighted by Crippen LogP contribution is -2.86. The van der Waals surface area contributed by atoms with Crippen LogP contribution in [0.15, 0.2) is 13.2 Å². The molecule has 0 bridgehead atoms. The maximum Gasteiger partial charge on any atom is 0.303 e. The molecule has 30 heavy (non-hydrogen) atoms. The van der Waals surface area contributed by atoms with E-state index in [0.29, 0.717) is 12.8 Å². The van der Waals surface area contributed by atoms with Crippen LogP contribution < -0.4 is 0 Å². The zero-order chi connectivity index (χ0) is 23.5. The lowest BCUT2D eigenvalue weighted by molar-refractivity contribution is -0.373. The lowest BCUT2D eigenvalue weighted by atomic mass is 9.40. The van der Waals surface area contributed by atoms with Crippen LogP contribution in [0.1, 0.15) is 67.7 Å². The summed E-state index contributed by atoms with van der Waals surface area (Å²) in [7, 11) is 0. The molecule has 0 radical (unpaired) electrons. The van der Waals surface area contributed by atoms with Crippen molar-refractivity contribution in [3.8, 4) is 0 Å². The zero-order valence-corrected chi connectivity index (χ0v) is 19.3. The number of rotatable bonds is 1. The number of aliphatic hydroxyl groups is 3. The Labute approximate surface area is 179 Å². The van der Waals surface area contributed by atoms with Gasteiger partial charge in [0.05, 0.1) is 17.8 Å². The van der Waals surface area contributed by atoms with E-state index in [2.05, 4.69) is 13.2 Å². The highest BCUT2D eigenvalue weighted by Crippen LogP contribution is 2.66. The van der Waals surface area contributed by atoms with Crippen LogP contribution in [-0.4, -0.2) is 62.2 Å². The minimum Gasteiger partial charge on any atom is -0.457 e. The molecule has 0 unspecified atom stereocenters.